The van der Waals surface area contributed by atoms with Crippen LogP contribution in [0.15, 0.2) is 24.3 Å². The molecule has 0 amide bonds. The number of rotatable bonds is 8. The Morgan fingerprint density at radius 1 is 1.32 bits per heavy atom. The summed E-state index contributed by atoms with van der Waals surface area (Å²) in [6, 6.07) is 5.65. The summed E-state index contributed by atoms with van der Waals surface area (Å²) in [7, 11) is 1.54. The lowest BCUT2D eigenvalue weighted by Gasteiger charge is -2.10. The smallest absolute Gasteiger partial charge is 0.323 e. The molecule has 1 aromatic rings. The molecule has 6 nitrogen and oxygen atoms in total. The van der Waals surface area contributed by atoms with Crippen molar-refractivity contribution in [3.05, 3.63) is 29.8 Å². The zero-order valence-corrected chi connectivity index (χ0v) is 10.6. The van der Waals surface area contributed by atoms with Crippen LogP contribution in [0, 0.1) is 0 Å². The van der Waals surface area contributed by atoms with Crippen LogP contribution in [0.2, 0.25) is 0 Å². The van der Waals surface area contributed by atoms with Gasteiger partial charge in [-0.15, -0.1) is 0 Å². The van der Waals surface area contributed by atoms with Crippen molar-refractivity contribution in [3.63, 3.8) is 0 Å². The average molecular weight is 267 g/mol. The number of nitrogens with one attached hydrogen (secondary N) is 1. The highest BCUT2D eigenvalue weighted by molar-refractivity contribution is 5.96. The topological polar surface area (TPSA) is 95.9 Å². The summed E-state index contributed by atoms with van der Waals surface area (Å²) in [5.41, 5.74) is 0.540. The molecular formula is C13H17NO5. The highest BCUT2D eigenvalue weighted by Gasteiger charge is 2.15. The molecule has 0 fully saturated rings. The van der Waals surface area contributed by atoms with E-state index >= 15 is 0 Å². The third-order valence-corrected chi connectivity index (χ3v) is 2.64. The Bertz CT molecular complexity index is 429. The lowest BCUT2D eigenvalue weighted by molar-refractivity contribution is -0.140. The highest BCUT2D eigenvalue weighted by Crippen LogP contribution is 2.12. The van der Waals surface area contributed by atoms with E-state index in [9.17, 15) is 9.59 Å². The van der Waals surface area contributed by atoms with Crippen molar-refractivity contribution in [2.45, 2.75) is 12.5 Å². The number of aliphatic hydroxyl groups is 1. The molecule has 1 atom stereocenters. The maximum absolute atomic E-state index is 11.8. The van der Waals surface area contributed by atoms with Crippen LogP contribution < -0.4 is 10.1 Å². The number of carbonyl (C=O) groups is 2. The second-order valence-electron chi connectivity index (χ2n) is 3.93. The second-order valence-corrected chi connectivity index (χ2v) is 3.93. The van der Waals surface area contributed by atoms with E-state index in [4.69, 9.17) is 14.9 Å². The fourth-order valence-electron chi connectivity index (χ4n) is 1.51. The maximum Gasteiger partial charge on any atom is 0.323 e. The molecule has 3 N–H and O–H groups in total. The molecule has 0 radical (unpaired) electrons. The number of carboxylic acids is 1. The molecule has 1 aromatic carbocycles. The van der Waals surface area contributed by atoms with Gasteiger partial charge in [-0.3, -0.25) is 9.59 Å². The van der Waals surface area contributed by atoms with Crippen molar-refractivity contribution in [2.75, 3.05) is 20.3 Å². The number of ketones is 1. The maximum atomic E-state index is 11.8. The Morgan fingerprint density at radius 2 is 1.95 bits per heavy atom. The van der Waals surface area contributed by atoms with Crippen LogP contribution in [-0.2, 0) is 4.79 Å². The van der Waals surface area contributed by atoms with E-state index in [1.165, 1.54) is 0 Å². The van der Waals surface area contributed by atoms with Gasteiger partial charge in [-0.25, -0.2) is 0 Å². The minimum atomic E-state index is -1.14. The van der Waals surface area contributed by atoms with Crippen LogP contribution in [-0.4, -0.2) is 48.3 Å². The minimum absolute atomic E-state index is 0.0998. The van der Waals surface area contributed by atoms with Crippen molar-refractivity contribution >= 4 is 11.8 Å². The number of carboxylic acid groups (broad SMARTS) is 1. The zero-order valence-electron chi connectivity index (χ0n) is 10.6. The van der Waals surface area contributed by atoms with Crippen molar-refractivity contribution in [1.82, 2.24) is 5.32 Å². The molecule has 6 heteroatoms. The molecule has 0 aliphatic heterocycles. The largest absolute Gasteiger partial charge is 0.497 e. The second kappa shape index (κ2) is 7.50. The van der Waals surface area contributed by atoms with Crippen molar-refractivity contribution in [3.8, 4) is 5.75 Å². The fourth-order valence-corrected chi connectivity index (χ4v) is 1.51. The van der Waals surface area contributed by atoms with Crippen molar-refractivity contribution in [1.29, 1.82) is 0 Å². The van der Waals surface area contributed by atoms with Crippen LogP contribution in [0.5, 0.6) is 5.75 Å². The number of carbonyl (C=O) groups excluding carboxylic acids is 1. The minimum Gasteiger partial charge on any atom is -0.497 e. The predicted octanol–water partition coefficient (Wildman–Crippen LogP) is 0.303. The predicted molar refractivity (Wildman–Crippen MR) is 68.5 cm³/mol. The van der Waals surface area contributed by atoms with Crippen LogP contribution in [0.4, 0.5) is 0 Å². The summed E-state index contributed by atoms with van der Waals surface area (Å²) in [5, 5.41) is 20.1. The molecule has 19 heavy (non-hydrogen) atoms. The lowest BCUT2D eigenvalue weighted by atomic mass is 10.1. The first-order valence-corrected chi connectivity index (χ1v) is 5.82. The number of Topliss-reactive ketones (excluding diaryl/α,β-unsaturated/α-hetero) is 1. The van der Waals surface area contributed by atoms with Gasteiger partial charge in [0.2, 0.25) is 0 Å². The fraction of sp³-hybridized carbons (Fsp3) is 0.385. The summed E-state index contributed by atoms with van der Waals surface area (Å²) in [5.74, 6) is -0.572. The van der Waals surface area contributed by atoms with Gasteiger partial charge in [-0.05, 0) is 24.3 Å². The van der Waals surface area contributed by atoms with Gasteiger partial charge in [0, 0.05) is 18.5 Å². The van der Waals surface area contributed by atoms with Gasteiger partial charge in [0.1, 0.15) is 11.8 Å². The van der Waals surface area contributed by atoms with Gasteiger partial charge < -0.3 is 20.3 Å². The normalized spacial score (nSPS) is 11.9. The van der Waals surface area contributed by atoms with Crippen LogP contribution in [0.3, 0.4) is 0 Å². The van der Waals surface area contributed by atoms with E-state index in [1.807, 2.05) is 0 Å². The van der Waals surface area contributed by atoms with Gasteiger partial charge in [-0.2, -0.15) is 0 Å². The Hall–Kier alpha value is -1.92. The zero-order chi connectivity index (χ0) is 14.3. The highest BCUT2D eigenvalue weighted by atomic mass is 16.5. The van der Waals surface area contributed by atoms with Crippen LogP contribution in [0.25, 0.3) is 0 Å². The standard InChI is InChI=1S/C13H17NO5/c1-19-10-4-2-9(3-5-10)12(16)6-7-14-11(8-15)13(17)18/h2-5,11,14-15H,6-8H2,1H3,(H,17,18). The summed E-state index contributed by atoms with van der Waals surface area (Å²) < 4.78 is 4.99. The van der Waals surface area contributed by atoms with E-state index < -0.39 is 18.6 Å². The first kappa shape index (κ1) is 15.1. The molecule has 1 rings (SSSR count). The number of aliphatic carboxylic acids is 1. The summed E-state index contributed by atoms with van der Waals surface area (Å²) in [4.78, 5) is 22.4. The Kier molecular flexibility index (Phi) is 5.98. The number of ether oxygens (including phenoxy) is 1. The van der Waals surface area contributed by atoms with E-state index in [0.717, 1.165) is 0 Å². The first-order chi connectivity index (χ1) is 9.08. The summed E-state index contributed by atoms with van der Waals surface area (Å²) >= 11 is 0. The lowest BCUT2D eigenvalue weighted by Crippen LogP contribution is -2.40. The molecule has 0 saturated heterocycles. The molecule has 0 aromatic heterocycles. The average Bonchev–Trinajstić information content (AvgIpc) is 2.43. The van der Waals surface area contributed by atoms with Gasteiger partial charge in [0.25, 0.3) is 0 Å². The molecule has 0 aliphatic rings. The van der Waals surface area contributed by atoms with Crippen LogP contribution in [0.1, 0.15) is 16.8 Å². The van der Waals surface area contributed by atoms with Gasteiger partial charge in [0.15, 0.2) is 5.78 Å². The monoisotopic (exact) mass is 267 g/mol. The molecular weight excluding hydrogens is 250 g/mol. The first-order valence-electron chi connectivity index (χ1n) is 5.82. The Balaban J connectivity index is 2.44. The number of benzene rings is 1. The third-order valence-electron chi connectivity index (χ3n) is 2.64. The molecule has 0 aliphatic carbocycles. The Morgan fingerprint density at radius 3 is 2.42 bits per heavy atom. The summed E-state index contributed by atoms with van der Waals surface area (Å²) in [6.45, 7) is -0.311. The molecule has 0 heterocycles. The van der Waals surface area contributed by atoms with E-state index in [1.54, 1.807) is 31.4 Å². The molecule has 1 unspecified atom stereocenters. The number of hydrogen-bond donors (Lipinski definition) is 3. The quantitative estimate of drug-likeness (QED) is 0.586. The molecule has 0 saturated carbocycles. The SMILES string of the molecule is COc1ccc(C(=O)CCNC(CO)C(=O)O)cc1. The van der Waals surface area contributed by atoms with E-state index in [-0.39, 0.29) is 18.7 Å². The molecule has 0 bridgehead atoms. The van der Waals surface area contributed by atoms with E-state index in [0.29, 0.717) is 11.3 Å². The van der Waals surface area contributed by atoms with Crippen molar-refractivity contribution in [2.24, 2.45) is 0 Å². The number of hydrogen-bond acceptors (Lipinski definition) is 5. The van der Waals surface area contributed by atoms with Crippen LogP contribution >= 0.6 is 0 Å². The third kappa shape index (κ3) is 4.69. The Labute approximate surface area is 111 Å². The summed E-state index contributed by atoms with van der Waals surface area (Å²) in [6.07, 6.45) is 0.163. The molecule has 104 valence electrons. The molecule has 0 spiro atoms. The van der Waals surface area contributed by atoms with E-state index in [2.05, 4.69) is 5.32 Å². The number of methoxy groups -OCH3 is 1. The van der Waals surface area contributed by atoms with Crippen molar-refractivity contribution < 1.29 is 24.5 Å². The van der Waals surface area contributed by atoms with Gasteiger partial charge in [0.05, 0.1) is 13.7 Å². The number of aliphatic hydroxyl groups excluding tert-OH is 1. The van der Waals surface area contributed by atoms with Gasteiger partial charge >= 0.3 is 5.97 Å². The van der Waals surface area contributed by atoms with Gasteiger partial charge in [-0.1, -0.05) is 0 Å².